The fraction of sp³-hybridized carbons (Fsp3) is 0.250. The summed E-state index contributed by atoms with van der Waals surface area (Å²) in [5.41, 5.74) is 1.10. The molecule has 27 heavy (non-hydrogen) atoms. The minimum absolute atomic E-state index is 0.349. The number of rotatable bonds is 5. The van der Waals surface area contributed by atoms with Gasteiger partial charge < -0.3 is 14.6 Å². The summed E-state index contributed by atoms with van der Waals surface area (Å²) in [6.07, 6.45) is 0.736. The fourth-order valence-corrected chi connectivity index (χ4v) is 3.65. The average molecular weight is 360 g/mol. The lowest BCUT2D eigenvalue weighted by molar-refractivity contribution is -0.129. The molecule has 138 valence electrons. The van der Waals surface area contributed by atoms with Crippen molar-refractivity contribution >= 4 is 21.9 Å². The van der Waals surface area contributed by atoms with Gasteiger partial charge in [-0.1, -0.05) is 54.6 Å². The van der Waals surface area contributed by atoms with E-state index in [0.717, 1.165) is 33.1 Å². The van der Waals surface area contributed by atoms with Gasteiger partial charge in [0.05, 0.1) is 11.2 Å². The molecular formula is C24H24O3. The van der Waals surface area contributed by atoms with E-state index in [9.17, 15) is 10.2 Å². The summed E-state index contributed by atoms with van der Waals surface area (Å²) < 4.78 is 5.87. The zero-order valence-electron chi connectivity index (χ0n) is 15.6. The smallest absolute Gasteiger partial charge is 0.135 e. The molecule has 0 aliphatic heterocycles. The lowest BCUT2D eigenvalue weighted by atomic mass is 9.77. The molecule has 1 aromatic heterocycles. The van der Waals surface area contributed by atoms with E-state index in [1.54, 1.807) is 13.8 Å². The number of benzene rings is 3. The third kappa shape index (κ3) is 3.36. The highest BCUT2D eigenvalue weighted by molar-refractivity contribution is 6.04. The van der Waals surface area contributed by atoms with Gasteiger partial charge in [0.1, 0.15) is 11.2 Å². The molecule has 0 fully saturated rings. The Kier molecular flexibility index (Phi) is 4.29. The van der Waals surface area contributed by atoms with Crippen LogP contribution in [0.4, 0.5) is 0 Å². The molecule has 0 saturated carbocycles. The van der Waals surface area contributed by atoms with E-state index in [-0.39, 0.29) is 0 Å². The summed E-state index contributed by atoms with van der Waals surface area (Å²) in [6, 6.07) is 23.6. The summed E-state index contributed by atoms with van der Waals surface area (Å²) in [6.45, 7) is 3.40. The molecule has 1 heterocycles. The number of hydrogen-bond donors (Lipinski definition) is 2. The minimum Gasteiger partial charge on any atom is -0.456 e. The topological polar surface area (TPSA) is 53.6 Å². The first-order chi connectivity index (χ1) is 12.9. The normalized spacial score (nSPS) is 16.3. The molecule has 4 rings (SSSR count). The van der Waals surface area contributed by atoms with Crippen LogP contribution in [0.25, 0.3) is 21.9 Å². The van der Waals surface area contributed by atoms with E-state index in [1.165, 1.54) is 0 Å². The van der Waals surface area contributed by atoms with Crippen LogP contribution in [0, 0.1) is 0 Å². The molecule has 0 radical (unpaired) electrons. The van der Waals surface area contributed by atoms with E-state index in [2.05, 4.69) is 0 Å². The summed E-state index contributed by atoms with van der Waals surface area (Å²) in [7, 11) is 0. The van der Waals surface area contributed by atoms with E-state index in [0.29, 0.717) is 12.8 Å². The Morgan fingerprint density at radius 2 is 1.26 bits per heavy atom. The third-order valence-electron chi connectivity index (χ3n) is 5.54. The van der Waals surface area contributed by atoms with E-state index in [1.807, 2.05) is 72.8 Å². The number of aliphatic hydroxyl groups is 2. The second kappa shape index (κ2) is 6.52. The van der Waals surface area contributed by atoms with Crippen molar-refractivity contribution < 1.29 is 14.6 Å². The summed E-state index contributed by atoms with van der Waals surface area (Å²) in [4.78, 5) is 0. The van der Waals surface area contributed by atoms with Gasteiger partial charge in [-0.25, -0.2) is 0 Å². The first-order valence-corrected chi connectivity index (χ1v) is 9.25. The highest BCUT2D eigenvalue weighted by atomic mass is 16.4. The molecule has 0 aliphatic carbocycles. The maximum Gasteiger partial charge on any atom is 0.135 e. The van der Waals surface area contributed by atoms with Crippen LogP contribution in [0.3, 0.4) is 0 Å². The van der Waals surface area contributed by atoms with E-state index in [4.69, 9.17) is 4.42 Å². The molecule has 3 nitrogen and oxygen atoms in total. The highest BCUT2D eigenvalue weighted by Gasteiger charge is 2.41. The van der Waals surface area contributed by atoms with Crippen molar-refractivity contribution in [1.82, 2.24) is 0 Å². The van der Waals surface area contributed by atoms with Crippen molar-refractivity contribution in [2.45, 2.75) is 37.9 Å². The standard InChI is InChI=1S/C24H24O3/c1-23(25,15-17-8-4-3-5-9-17)24(2,26)16-18-12-13-22-20(14-18)19-10-6-7-11-21(19)27-22/h3-14,25-26H,15-16H2,1-2H3. The molecule has 2 N–H and O–H groups in total. The Morgan fingerprint density at radius 3 is 2.00 bits per heavy atom. The van der Waals surface area contributed by atoms with Gasteiger partial charge in [-0.05, 0) is 43.2 Å². The Bertz CT molecular complexity index is 1070. The van der Waals surface area contributed by atoms with Crippen molar-refractivity contribution in [3.63, 3.8) is 0 Å². The maximum absolute atomic E-state index is 11.1. The van der Waals surface area contributed by atoms with Crippen LogP contribution in [-0.4, -0.2) is 21.4 Å². The van der Waals surface area contributed by atoms with Gasteiger partial charge in [0.2, 0.25) is 0 Å². The van der Waals surface area contributed by atoms with Gasteiger partial charge in [0.15, 0.2) is 0 Å². The lowest BCUT2D eigenvalue weighted by Gasteiger charge is -2.39. The molecule has 0 amide bonds. The van der Waals surface area contributed by atoms with Crippen molar-refractivity contribution in [2.24, 2.45) is 0 Å². The lowest BCUT2D eigenvalue weighted by Crippen LogP contribution is -2.53. The number of furan rings is 1. The second-order valence-corrected chi connectivity index (χ2v) is 7.82. The summed E-state index contributed by atoms with van der Waals surface area (Å²) in [5.74, 6) is 0. The largest absolute Gasteiger partial charge is 0.456 e. The average Bonchev–Trinajstić information content (AvgIpc) is 3.00. The molecule has 0 spiro atoms. The molecule has 0 aliphatic rings. The number of para-hydroxylation sites is 1. The first kappa shape index (κ1) is 17.8. The van der Waals surface area contributed by atoms with Crippen LogP contribution in [0.5, 0.6) is 0 Å². The minimum atomic E-state index is -1.28. The quantitative estimate of drug-likeness (QED) is 0.534. The van der Waals surface area contributed by atoms with Crippen molar-refractivity contribution in [2.75, 3.05) is 0 Å². The van der Waals surface area contributed by atoms with Crippen molar-refractivity contribution in [3.8, 4) is 0 Å². The van der Waals surface area contributed by atoms with Gasteiger partial charge in [0, 0.05) is 23.6 Å². The predicted octanol–water partition coefficient (Wildman–Crippen LogP) is 4.87. The van der Waals surface area contributed by atoms with Gasteiger partial charge >= 0.3 is 0 Å². The Morgan fingerprint density at radius 1 is 0.667 bits per heavy atom. The Hall–Kier alpha value is -2.62. The van der Waals surface area contributed by atoms with Crippen LogP contribution in [0.1, 0.15) is 25.0 Å². The molecular weight excluding hydrogens is 336 g/mol. The number of hydrogen-bond acceptors (Lipinski definition) is 3. The summed E-state index contributed by atoms with van der Waals surface area (Å²) in [5, 5.41) is 24.2. The molecule has 3 aromatic carbocycles. The van der Waals surface area contributed by atoms with E-state index < -0.39 is 11.2 Å². The van der Waals surface area contributed by atoms with Crippen LogP contribution >= 0.6 is 0 Å². The zero-order chi connectivity index (χ0) is 19.1. The van der Waals surface area contributed by atoms with Gasteiger partial charge in [-0.3, -0.25) is 0 Å². The molecule has 4 aromatic rings. The van der Waals surface area contributed by atoms with Crippen molar-refractivity contribution in [1.29, 1.82) is 0 Å². The third-order valence-corrected chi connectivity index (χ3v) is 5.54. The molecule has 3 heteroatoms. The van der Waals surface area contributed by atoms with Gasteiger partial charge in [0.25, 0.3) is 0 Å². The van der Waals surface area contributed by atoms with Crippen LogP contribution in [0.15, 0.2) is 77.2 Å². The van der Waals surface area contributed by atoms with Crippen LogP contribution in [-0.2, 0) is 12.8 Å². The molecule has 2 atom stereocenters. The van der Waals surface area contributed by atoms with Gasteiger partial charge in [-0.15, -0.1) is 0 Å². The monoisotopic (exact) mass is 360 g/mol. The van der Waals surface area contributed by atoms with Crippen molar-refractivity contribution in [3.05, 3.63) is 83.9 Å². The summed E-state index contributed by atoms with van der Waals surface area (Å²) >= 11 is 0. The fourth-order valence-electron chi connectivity index (χ4n) is 3.65. The highest BCUT2D eigenvalue weighted by Crippen LogP contribution is 2.33. The van der Waals surface area contributed by atoms with Gasteiger partial charge in [-0.2, -0.15) is 0 Å². The molecule has 2 unspecified atom stereocenters. The molecule has 0 saturated heterocycles. The molecule has 0 bridgehead atoms. The van der Waals surface area contributed by atoms with Crippen LogP contribution < -0.4 is 0 Å². The maximum atomic E-state index is 11.1. The zero-order valence-corrected chi connectivity index (χ0v) is 15.6. The SMILES string of the molecule is CC(O)(Cc1ccccc1)C(C)(O)Cc1ccc2oc3ccccc3c2c1. The predicted molar refractivity (Wildman–Crippen MR) is 109 cm³/mol. The Labute approximate surface area is 158 Å². The Balaban J connectivity index is 1.64. The van der Waals surface area contributed by atoms with E-state index >= 15 is 0 Å². The van der Waals surface area contributed by atoms with Crippen LogP contribution in [0.2, 0.25) is 0 Å². The first-order valence-electron chi connectivity index (χ1n) is 9.25. The second-order valence-electron chi connectivity index (χ2n) is 7.82. The number of fused-ring (bicyclic) bond motifs is 3.